The molecule has 4 heteroatoms. The summed E-state index contributed by atoms with van der Waals surface area (Å²) in [6.45, 7) is 2.92. The van der Waals surface area contributed by atoms with E-state index < -0.39 is 0 Å². The van der Waals surface area contributed by atoms with Gasteiger partial charge in [-0.25, -0.2) is 4.79 Å². The summed E-state index contributed by atoms with van der Waals surface area (Å²) in [5.74, 6) is -0.268. The minimum atomic E-state index is -0.268. The Bertz CT molecular complexity index is 298. The maximum Gasteiger partial charge on any atom is 0.338 e. The highest BCUT2D eigenvalue weighted by Crippen LogP contribution is 2.05. The van der Waals surface area contributed by atoms with Gasteiger partial charge >= 0.3 is 5.97 Å². The van der Waals surface area contributed by atoms with Crippen LogP contribution in [0.25, 0.3) is 0 Å². The zero-order valence-corrected chi connectivity index (χ0v) is 9.55. The number of rotatable bonds is 4. The van der Waals surface area contributed by atoms with Crippen molar-refractivity contribution in [3.63, 3.8) is 0 Å². The van der Waals surface area contributed by atoms with Crippen LogP contribution in [0.15, 0.2) is 24.3 Å². The lowest BCUT2D eigenvalue weighted by molar-refractivity contribution is 0.0505. The molecule has 0 unspecified atom stereocenters. The van der Waals surface area contributed by atoms with Gasteiger partial charge in [-0.1, -0.05) is 19.1 Å². The molecule has 0 saturated carbocycles. The van der Waals surface area contributed by atoms with Gasteiger partial charge in [0.05, 0.1) is 12.2 Å². The Hall–Kier alpha value is -1.06. The molecule has 15 heavy (non-hydrogen) atoms. The topological polar surface area (TPSA) is 52.3 Å². The molecular weight excluding hydrogens is 214 g/mol. The lowest BCUT2D eigenvalue weighted by Gasteiger charge is -2.03. The minimum Gasteiger partial charge on any atom is -0.462 e. The van der Waals surface area contributed by atoms with Gasteiger partial charge in [-0.3, -0.25) is 0 Å². The molecule has 3 nitrogen and oxygen atoms in total. The lowest BCUT2D eigenvalue weighted by Crippen LogP contribution is -2.06. The highest BCUT2D eigenvalue weighted by Gasteiger charge is 2.05. The van der Waals surface area contributed by atoms with E-state index in [0.29, 0.717) is 18.7 Å². The van der Waals surface area contributed by atoms with E-state index in [4.69, 9.17) is 10.5 Å². The number of benzene rings is 1. The van der Waals surface area contributed by atoms with Crippen molar-refractivity contribution in [2.45, 2.75) is 19.9 Å². The van der Waals surface area contributed by atoms with Gasteiger partial charge < -0.3 is 10.5 Å². The molecule has 0 saturated heterocycles. The van der Waals surface area contributed by atoms with Gasteiger partial charge in [0, 0.05) is 6.54 Å². The summed E-state index contributed by atoms with van der Waals surface area (Å²) in [6.07, 6.45) is 0.840. The second-order valence-electron chi connectivity index (χ2n) is 3.04. The number of hydrogen-bond acceptors (Lipinski definition) is 3. The molecule has 1 aromatic carbocycles. The van der Waals surface area contributed by atoms with Crippen LogP contribution in [0.2, 0.25) is 0 Å². The van der Waals surface area contributed by atoms with Crippen LogP contribution in [0.3, 0.4) is 0 Å². The molecular formula is C11H16ClNO2. The van der Waals surface area contributed by atoms with E-state index in [1.165, 1.54) is 0 Å². The maximum atomic E-state index is 11.3. The van der Waals surface area contributed by atoms with Gasteiger partial charge in [-0.2, -0.15) is 0 Å². The first-order chi connectivity index (χ1) is 6.77. The zero-order valence-electron chi connectivity index (χ0n) is 8.73. The first kappa shape index (κ1) is 13.9. The van der Waals surface area contributed by atoms with Crippen molar-refractivity contribution in [3.05, 3.63) is 35.4 Å². The van der Waals surface area contributed by atoms with Gasteiger partial charge in [-0.15, -0.1) is 12.4 Å². The van der Waals surface area contributed by atoms with E-state index in [1.807, 2.05) is 19.1 Å². The molecule has 0 aromatic heterocycles. The van der Waals surface area contributed by atoms with Gasteiger partial charge in [0.25, 0.3) is 0 Å². The molecule has 0 atom stereocenters. The first-order valence-corrected chi connectivity index (χ1v) is 4.74. The van der Waals surface area contributed by atoms with Crippen molar-refractivity contribution in [1.29, 1.82) is 0 Å². The summed E-state index contributed by atoms with van der Waals surface area (Å²) >= 11 is 0. The molecule has 0 radical (unpaired) electrons. The first-order valence-electron chi connectivity index (χ1n) is 4.74. The van der Waals surface area contributed by atoms with Crippen LogP contribution in [0, 0.1) is 0 Å². The molecule has 0 spiro atoms. The predicted octanol–water partition coefficient (Wildman–Crippen LogP) is 2.13. The standard InChI is InChI=1S/C11H15NO2.ClH/c1-2-7-14-11(13)10-5-3-9(8-12)4-6-10;/h3-6H,2,7-8,12H2,1H3;1H. The van der Waals surface area contributed by atoms with Crippen molar-refractivity contribution in [2.75, 3.05) is 6.61 Å². The van der Waals surface area contributed by atoms with E-state index in [0.717, 1.165) is 12.0 Å². The third-order valence-electron chi connectivity index (χ3n) is 1.86. The average molecular weight is 230 g/mol. The van der Waals surface area contributed by atoms with Crippen LogP contribution >= 0.6 is 12.4 Å². The third-order valence-corrected chi connectivity index (χ3v) is 1.86. The smallest absolute Gasteiger partial charge is 0.338 e. The number of nitrogens with two attached hydrogens (primary N) is 1. The fourth-order valence-corrected chi connectivity index (χ4v) is 1.06. The number of halogens is 1. The van der Waals surface area contributed by atoms with Crippen molar-refractivity contribution in [2.24, 2.45) is 5.73 Å². The minimum absolute atomic E-state index is 0. The molecule has 0 heterocycles. The number of carbonyl (C=O) groups excluding carboxylic acids is 1. The molecule has 0 aliphatic rings. The van der Waals surface area contributed by atoms with Crippen LogP contribution in [0.4, 0.5) is 0 Å². The molecule has 0 bridgehead atoms. The summed E-state index contributed by atoms with van der Waals surface area (Å²) in [5, 5.41) is 0. The van der Waals surface area contributed by atoms with E-state index in [1.54, 1.807) is 12.1 Å². The van der Waals surface area contributed by atoms with E-state index in [2.05, 4.69) is 0 Å². The summed E-state index contributed by atoms with van der Waals surface area (Å²) in [6, 6.07) is 7.14. The third kappa shape index (κ3) is 4.32. The Balaban J connectivity index is 0.00000196. The molecule has 0 aliphatic heterocycles. The Morgan fingerprint density at radius 3 is 2.40 bits per heavy atom. The molecule has 1 aromatic rings. The fraction of sp³-hybridized carbons (Fsp3) is 0.364. The quantitative estimate of drug-likeness (QED) is 0.805. The molecule has 84 valence electrons. The maximum absolute atomic E-state index is 11.3. The van der Waals surface area contributed by atoms with Crippen LogP contribution in [0.1, 0.15) is 29.3 Å². The number of esters is 1. The highest BCUT2D eigenvalue weighted by molar-refractivity contribution is 5.89. The van der Waals surface area contributed by atoms with E-state index in [-0.39, 0.29) is 18.4 Å². The summed E-state index contributed by atoms with van der Waals surface area (Å²) in [7, 11) is 0. The molecule has 0 fully saturated rings. The lowest BCUT2D eigenvalue weighted by atomic mass is 10.1. The number of hydrogen-bond donors (Lipinski definition) is 1. The fourth-order valence-electron chi connectivity index (χ4n) is 1.06. The summed E-state index contributed by atoms with van der Waals surface area (Å²) < 4.78 is 4.98. The second kappa shape index (κ2) is 7.26. The molecule has 0 amide bonds. The van der Waals surface area contributed by atoms with Gasteiger partial charge in [0.15, 0.2) is 0 Å². The highest BCUT2D eigenvalue weighted by atomic mass is 35.5. The van der Waals surface area contributed by atoms with Gasteiger partial charge in [-0.05, 0) is 24.1 Å². The monoisotopic (exact) mass is 229 g/mol. The molecule has 0 aliphatic carbocycles. The number of carbonyl (C=O) groups is 1. The Labute approximate surface area is 96.0 Å². The van der Waals surface area contributed by atoms with Crippen LogP contribution < -0.4 is 5.73 Å². The Morgan fingerprint density at radius 2 is 1.93 bits per heavy atom. The zero-order chi connectivity index (χ0) is 10.4. The SMILES string of the molecule is CCCOC(=O)c1ccc(CN)cc1.Cl. The van der Waals surface area contributed by atoms with Crippen molar-refractivity contribution in [1.82, 2.24) is 0 Å². The van der Waals surface area contributed by atoms with E-state index in [9.17, 15) is 4.79 Å². The number of ether oxygens (including phenoxy) is 1. The van der Waals surface area contributed by atoms with Gasteiger partial charge in [0.1, 0.15) is 0 Å². The van der Waals surface area contributed by atoms with Crippen molar-refractivity contribution in [3.8, 4) is 0 Å². The molecule has 1 rings (SSSR count). The van der Waals surface area contributed by atoms with Crippen molar-refractivity contribution >= 4 is 18.4 Å². The van der Waals surface area contributed by atoms with Crippen molar-refractivity contribution < 1.29 is 9.53 Å². The second-order valence-corrected chi connectivity index (χ2v) is 3.04. The summed E-state index contributed by atoms with van der Waals surface area (Å²) in [5.41, 5.74) is 7.03. The Kier molecular flexibility index (Phi) is 6.75. The van der Waals surface area contributed by atoms with Crippen LogP contribution in [-0.2, 0) is 11.3 Å². The normalized spacial score (nSPS) is 9.20. The largest absolute Gasteiger partial charge is 0.462 e. The predicted molar refractivity (Wildman–Crippen MR) is 62.2 cm³/mol. The van der Waals surface area contributed by atoms with E-state index >= 15 is 0 Å². The van der Waals surface area contributed by atoms with Gasteiger partial charge in [0.2, 0.25) is 0 Å². The molecule has 2 N–H and O–H groups in total. The summed E-state index contributed by atoms with van der Waals surface area (Å²) in [4.78, 5) is 11.3. The Morgan fingerprint density at radius 1 is 1.33 bits per heavy atom. The average Bonchev–Trinajstić information content (AvgIpc) is 2.26. The van der Waals surface area contributed by atoms with Crippen LogP contribution in [-0.4, -0.2) is 12.6 Å². The van der Waals surface area contributed by atoms with Crippen LogP contribution in [0.5, 0.6) is 0 Å².